The molecule has 0 fully saturated rings. The molecule has 5 nitrogen and oxygen atoms in total. The lowest BCUT2D eigenvalue weighted by Crippen LogP contribution is -2.16. The SMILES string of the molecule is CCC(CC(=O)Nc1cc2c(cc1N)OCO2)c1ccccc1.Cl. The average Bonchev–Trinajstić information content (AvgIpc) is 3.01. The fourth-order valence-electron chi connectivity index (χ4n) is 2.71. The molecule has 1 atom stereocenters. The number of benzene rings is 2. The predicted molar refractivity (Wildman–Crippen MR) is 96.9 cm³/mol. The second-order valence-electron chi connectivity index (χ2n) is 5.56. The number of hydrogen-bond acceptors (Lipinski definition) is 4. The summed E-state index contributed by atoms with van der Waals surface area (Å²) >= 11 is 0. The lowest BCUT2D eigenvalue weighted by molar-refractivity contribution is -0.116. The highest BCUT2D eigenvalue weighted by Gasteiger charge is 2.19. The van der Waals surface area contributed by atoms with Crippen LogP contribution >= 0.6 is 12.4 Å². The first-order valence-corrected chi connectivity index (χ1v) is 7.71. The van der Waals surface area contributed by atoms with Gasteiger partial charge in [-0.15, -0.1) is 12.4 Å². The zero-order valence-electron chi connectivity index (χ0n) is 13.5. The van der Waals surface area contributed by atoms with Crippen molar-refractivity contribution in [1.82, 2.24) is 0 Å². The summed E-state index contributed by atoms with van der Waals surface area (Å²) in [5, 5.41) is 2.87. The van der Waals surface area contributed by atoms with Crippen molar-refractivity contribution in [3.63, 3.8) is 0 Å². The van der Waals surface area contributed by atoms with Gasteiger partial charge in [0.05, 0.1) is 11.4 Å². The highest BCUT2D eigenvalue weighted by atomic mass is 35.5. The fraction of sp³-hybridized carbons (Fsp3) is 0.278. The average molecular weight is 349 g/mol. The molecule has 1 aliphatic heterocycles. The smallest absolute Gasteiger partial charge is 0.231 e. The molecule has 0 saturated carbocycles. The first-order chi connectivity index (χ1) is 11.2. The Labute approximate surface area is 147 Å². The molecule has 2 aromatic rings. The van der Waals surface area contributed by atoms with Gasteiger partial charge in [-0.25, -0.2) is 0 Å². The summed E-state index contributed by atoms with van der Waals surface area (Å²) in [6.45, 7) is 2.26. The van der Waals surface area contributed by atoms with Crippen molar-refractivity contribution < 1.29 is 14.3 Å². The molecule has 0 spiro atoms. The van der Waals surface area contributed by atoms with E-state index in [1.807, 2.05) is 18.2 Å². The summed E-state index contributed by atoms with van der Waals surface area (Å²) in [5.41, 5.74) is 8.16. The molecular weight excluding hydrogens is 328 g/mol. The lowest BCUT2D eigenvalue weighted by atomic mass is 9.93. The first kappa shape index (κ1) is 17.9. The maximum Gasteiger partial charge on any atom is 0.231 e. The van der Waals surface area contributed by atoms with Crippen LogP contribution in [0.1, 0.15) is 31.2 Å². The van der Waals surface area contributed by atoms with Crippen LogP contribution in [0.5, 0.6) is 11.5 Å². The van der Waals surface area contributed by atoms with Gasteiger partial charge in [0.15, 0.2) is 11.5 Å². The number of fused-ring (bicyclic) bond motifs is 1. The molecule has 3 N–H and O–H groups in total. The second kappa shape index (κ2) is 7.93. The van der Waals surface area contributed by atoms with Crippen LogP contribution in [0.25, 0.3) is 0 Å². The Morgan fingerprint density at radius 1 is 1.21 bits per heavy atom. The molecule has 2 aromatic carbocycles. The van der Waals surface area contributed by atoms with Gasteiger partial charge in [-0.05, 0) is 17.9 Å². The molecule has 0 aliphatic carbocycles. The Kier molecular flexibility index (Phi) is 5.93. The van der Waals surface area contributed by atoms with Crippen molar-refractivity contribution >= 4 is 29.7 Å². The van der Waals surface area contributed by atoms with Crippen molar-refractivity contribution in [2.24, 2.45) is 0 Å². The topological polar surface area (TPSA) is 73.6 Å². The van der Waals surface area contributed by atoms with E-state index in [0.717, 1.165) is 6.42 Å². The van der Waals surface area contributed by atoms with Crippen LogP contribution in [0.3, 0.4) is 0 Å². The van der Waals surface area contributed by atoms with Gasteiger partial charge in [-0.1, -0.05) is 37.3 Å². The summed E-state index contributed by atoms with van der Waals surface area (Å²) in [7, 11) is 0. The summed E-state index contributed by atoms with van der Waals surface area (Å²) in [6, 6.07) is 13.4. The van der Waals surface area contributed by atoms with Crippen molar-refractivity contribution in [2.75, 3.05) is 17.8 Å². The number of nitrogens with two attached hydrogens (primary N) is 1. The van der Waals surface area contributed by atoms with E-state index >= 15 is 0 Å². The van der Waals surface area contributed by atoms with E-state index in [4.69, 9.17) is 15.2 Å². The number of halogens is 1. The van der Waals surface area contributed by atoms with E-state index in [2.05, 4.69) is 24.4 Å². The van der Waals surface area contributed by atoms with Crippen LogP contribution in [0.2, 0.25) is 0 Å². The maximum atomic E-state index is 12.4. The van der Waals surface area contributed by atoms with Gasteiger partial charge < -0.3 is 20.5 Å². The van der Waals surface area contributed by atoms with E-state index in [0.29, 0.717) is 29.3 Å². The van der Waals surface area contributed by atoms with Gasteiger partial charge in [0, 0.05) is 18.6 Å². The minimum atomic E-state index is -0.0636. The molecule has 6 heteroatoms. The normalized spacial score (nSPS) is 13.0. The van der Waals surface area contributed by atoms with Gasteiger partial charge in [0.25, 0.3) is 0 Å². The third-order valence-electron chi connectivity index (χ3n) is 4.01. The van der Waals surface area contributed by atoms with Gasteiger partial charge in [0.2, 0.25) is 12.7 Å². The van der Waals surface area contributed by atoms with Crippen molar-refractivity contribution in [3.8, 4) is 11.5 Å². The Hall–Kier alpha value is -2.40. The molecule has 24 heavy (non-hydrogen) atoms. The molecule has 0 radical (unpaired) electrons. The molecule has 128 valence electrons. The van der Waals surface area contributed by atoms with Crippen molar-refractivity contribution in [3.05, 3.63) is 48.0 Å². The molecule has 1 amide bonds. The van der Waals surface area contributed by atoms with Gasteiger partial charge in [0.1, 0.15) is 0 Å². The number of ether oxygens (including phenoxy) is 2. The number of amides is 1. The van der Waals surface area contributed by atoms with Crippen LogP contribution in [-0.2, 0) is 4.79 Å². The first-order valence-electron chi connectivity index (χ1n) is 7.71. The van der Waals surface area contributed by atoms with Crippen LogP contribution in [-0.4, -0.2) is 12.7 Å². The third kappa shape index (κ3) is 3.92. The molecular formula is C18H21ClN2O3. The molecule has 1 aliphatic rings. The van der Waals surface area contributed by atoms with Gasteiger partial charge >= 0.3 is 0 Å². The summed E-state index contributed by atoms with van der Waals surface area (Å²) < 4.78 is 10.6. The zero-order valence-corrected chi connectivity index (χ0v) is 14.3. The van der Waals surface area contributed by atoms with E-state index in [-0.39, 0.29) is 31.0 Å². The Morgan fingerprint density at radius 2 is 1.88 bits per heavy atom. The van der Waals surface area contributed by atoms with Crippen molar-refractivity contribution in [1.29, 1.82) is 0 Å². The van der Waals surface area contributed by atoms with Gasteiger partial charge in [-0.3, -0.25) is 4.79 Å². The number of nitrogens with one attached hydrogen (secondary N) is 1. The summed E-state index contributed by atoms with van der Waals surface area (Å²) in [4.78, 5) is 12.4. The molecule has 1 heterocycles. The summed E-state index contributed by atoms with van der Waals surface area (Å²) in [5.74, 6) is 1.33. The minimum Gasteiger partial charge on any atom is -0.454 e. The third-order valence-corrected chi connectivity index (χ3v) is 4.01. The molecule has 1 unspecified atom stereocenters. The van der Waals surface area contributed by atoms with Crippen LogP contribution < -0.4 is 20.5 Å². The van der Waals surface area contributed by atoms with E-state index in [9.17, 15) is 4.79 Å². The number of nitrogen functional groups attached to an aromatic ring is 1. The van der Waals surface area contributed by atoms with Crippen LogP contribution in [0.15, 0.2) is 42.5 Å². The molecule has 3 rings (SSSR count). The minimum absolute atomic E-state index is 0. The van der Waals surface area contributed by atoms with Crippen LogP contribution in [0.4, 0.5) is 11.4 Å². The van der Waals surface area contributed by atoms with Crippen LogP contribution in [0, 0.1) is 0 Å². The predicted octanol–water partition coefficient (Wildman–Crippen LogP) is 3.94. The number of carbonyl (C=O) groups is 1. The highest BCUT2D eigenvalue weighted by Crippen LogP contribution is 2.38. The van der Waals surface area contributed by atoms with Gasteiger partial charge in [-0.2, -0.15) is 0 Å². The lowest BCUT2D eigenvalue weighted by Gasteiger charge is -2.16. The number of hydrogen-bond donors (Lipinski definition) is 2. The monoisotopic (exact) mass is 348 g/mol. The van der Waals surface area contributed by atoms with E-state index in [1.165, 1.54) is 5.56 Å². The largest absolute Gasteiger partial charge is 0.454 e. The zero-order chi connectivity index (χ0) is 16.2. The summed E-state index contributed by atoms with van der Waals surface area (Å²) in [6.07, 6.45) is 1.31. The van der Waals surface area contributed by atoms with E-state index < -0.39 is 0 Å². The Bertz CT molecular complexity index is 707. The Balaban J connectivity index is 0.00000208. The number of rotatable bonds is 5. The molecule has 0 bridgehead atoms. The second-order valence-corrected chi connectivity index (χ2v) is 5.56. The molecule has 0 saturated heterocycles. The quantitative estimate of drug-likeness (QED) is 0.802. The maximum absolute atomic E-state index is 12.4. The fourth-order valence-corrected chi connectivity index (χ4v) is 2.71. The van der Waals surface area contributed by atoms with Crippen molar-refractivity contribution in [2.45, 2.75) is 25.7 Å². The highest BCUT2D eigenvalue weighted by molar-refractivity contribution is 5.95. The molecule has 0 aromatic heterocycles. The number of anilines is 2. The van der Waals surface area contributed by atoms with E-state index in [1.54, 1.807) is 12.1 Å². The number of carbonyl (C=O) groups excluding carboxylic acids is 1. The Morgan fingerprint density at radius 3 is 2.54 bits per heavy atom. The standard InChI is InChI=1S/C18H20N2O3.ClH/c1-2-12(13-6-4-3-5-7-13)8-18(21)20-15-10-17-16(9-14(15)19)22-11-23-17;/h3-7,9-10,12H,2,8,11,19H2,1H3,(H,20,21);1H.